The second kappa shape index (κ2) is 4.89. The lowest BCUT2D eigenvalue weighted by atomic mass is 10.2. The summed E-state index contributed by atoms with van der Waals surface area (Å²) in [6.07, 6.45) is 0.167. The maximum atomic E-state index is 13.1. The number of halogens is 2. The fraction of sp³-hybridized carbons (Fsp3) is 0.667. The van der Waals surface area contributed by atoms with Gasteiger partial charge in [-0.2, -0.15) is 5.10 Å². The van der Waals surface area contributed by atoms with Crippen molar-refractivity contribution in [2.24, 2.45) is 12.8 Å². The SMILES string of the molecule is CCc1nn(C)c(CC(F)CN)c1Br. The molecule has 0 saturated heterocycles. The monoisotopic (exact) mass is 263 g/mol. The van der Waals surface area contributed by atoms with Crippen molar-refractivity contribution in [1.82, 2.24) is 9.78 Å². The van der Waals surface area contributed by atoms with E-state index in [0.717, 1.165) is 22.3 Å². The average Bonchev–Trinajstić information content (AvgIpc) is 2.44. The van der Waals surface area contributed by atoms with Crippen molar-refractivity contribution < 1.29 is 4.39 Å². The van der Waals surface area contributed by atoms with Crippen LogP contribution in [0.25, 0.3) is 0 Å². The summed E-state index contributed by atoms with van der Waals surface area (Å²) in [6.45, 7) is 2.08. The summed E-state index contributed by atoms with van der Waals surface area (Å²) in [5.41, 5.74) is 7.08. The van der Waals surface area contributed by atoms with E-state index in [1.54, 1.807) is 4.68 Å². The van der Waals surface area contributed by atoms with Crippen LogP contribution in [0, 0.1) is 0 Å². The first-order chi connectivity index (χ1) is 6.60. The summed E-state index contributed by atoms with van der Waals surface area (Å²) in [4.78, 5) is 0. The second-order valence-corrected chi connectivity index (χ2v) is 4.01. The molecule has 14 heavy (non-hydrogen) atoms. The molecule has 0 bridgehead atoms. The summed E-state index contributed by atoms with van der Waals surface area (Å²) in [5, 5.41) is 4.28. The van der Waals surface area contributed by atoms with Gasteiger partial charge in [-0.05, 0) is 22.4 Å². The van der Waals surface area contributed by atoms with Gasteiger partial charge in [0.25, 0.3) is 0 Å². The number of hydrogen-bond donors (Lipinski definition) is 1. The maximum Gasteiger partial charge on any atom is 0.118 e. The Morgan fingerprint density at radius 2 is 2.29 bits per heavy atom. The van der Waals surface area contributed by atoms with E-state index in [1.165, 1.54) is 0 Å². The van der Waals surface area contributed by atoms with Gasteiger partial charge in [-0.3, -0.25) is 4.68 Å². The molecule has 0 aromatic carbocycles. The normalized spacial score (nSPS) is 13.2. The van der Waals surface area contributed by atoms with E-state index in [4.69, 9.17) is 5.73 Å². The molecule has 1 atom stereocenters. The Hall–Kier alpha value is -0.420. The molecule has 1 aromatic rings. The molecule has 1 aromatic heterocycles. The fourth-order valence-electron chi connectivity index (χ4n) is 1.33. The van der Waals surface area contributed by atoms with Gasteiger partial charge >= 0.3 is 0 Å². The molecule has 0 amide bonds. The van der Waals surface area contributed by atoms with Crippen molar-refractivity contribution in [2.75, 3.05) is 6.54 Å². The predicted octanol–water partition coefficient (Wildman–Crippen LogP) is 1.58. The van der Waals surface area contributed by atoms with Crippen LogP contribution < -0.4 is 5.73 Å². The number of rotatable bonds is 4. The molecule has 3 nitrogen and oxygen atoms in total. The maximum absolute atomic E-state index is 13.1. The zero-order valence-electron chi connectivity index (χ0n) is 8.43. The standard InChI is InChI=1S/C9H15BrFN3/c1-3-7-9(10)8(14(2)13-7)4-6(11)5-12/h6H,3-5,12H2,1-2H3. The molecular formula is C9H15BrFN3. The van der Waals surface area contributed by atoms with Crippen LogP contribution in [0.3, 0.4) is 0 Å². The van der Waals surface area contributed by atoms with Gasteiger partial charge < -0.3 is 5.73 Å². The van der Waals surface area contributed by atoms with E-state index in [0.29, 0.717) is 6.42 Å². The van der Waals surface area contributed by atoms with Crippen LogP contribution in [0.4, 0.5) is 4.39 Å². The minimum Gasteiger partial charge on any atom is -0.328 e. The van der Waals surface area contributed by atoms with Crippen LogP contribution in [0.2, 0.25) is 0 Å². The molecule has 0 aliphatic carbocycles. The summed E-state index contributed by atoms with van der Waals surface area (Å²) >= 11 is 3.43. The first kappa shape index (κ1) is 11.7. The summed E-state index contributed by atoms with van der Waals surface area (Å²) in [5.74, 6) is 0. The highest BCUT2D eigenvalue weighted by Gasteiger charge is 2.15. The van der Waals surface area contributed by atoms with Gasteiger partial charge in [0.2, 0.25) is 0 Å². The third-order valence-corrected chi connectivity index (χ3v) is 3.09. The van der Waals surface area contributed by atoms with Gasteiger partial charge in [-0.15, -0.1) is 0 Å². The molecule has 0 spiro atoms. The zero-order valence-corrected chi connectivity index (χ0v) is 10.0. The summed E-state index contributed by atoms with van der Waals surface area (Å²) in [6, 6.07) is 0. The summed E-state index contributed by atoms with van der Waals surface area (Å²) < 4.78 is 15.7. The predicted molar refractivity (Wildman–Crippen MR) is 57.9 cm³/mol. The topological polar surface area (TPSA) is 43.8 Å². The highest BCUT2D eigenvalue weighted by molar-refractivity contribution is 9.10. The van der Waals surface area contributed by atoms with Crippen LogP contribution in [0.1, 0.15) is 18.3 Å². The van der Waals surface area contributed by atoms with E-state index >= 15 is 0 Å². The molecule has 1 unspecified atom stereocenters. The van der Waals surface area contributed by atoms with Crippen molar-refractivity contribution in [3.8, 4) is 0 Å². The molecule has 0 fully saturated rings. The third kappa shape index (κ3) is 2.33. The summed E-state index contributed by atoms with van der Waals surface area (Å²) in [7, 11) is 1.82. The lowest BCUT2D eigenvalue weighted by Crippen LogP contribution is -2.19. The van der Waals surface area contributed by atoms with E-state index in [-0.39, 0.29) is 6.54 Å². The van der Waals surface area contributed by atoms with Crippen LogP contribution in [-0.2, 0) is 19.9 Å². The lowest BCUT2D eigenvalue weighted by Gasteiger charge is -2.05. The Kier molecular flexibility index (Phi) is 4.07. The number of hydrogen-bond acceptors (Lipinski definition) is 2. The Balaban J connectivity index is 2.90. The zero-order chi connectivity index (χ0) is 10.7. The van der Waals surface area contributed by atoms with Gasteiger partial charge in [-0.1, -0.05) is 6.92 Å². The lowest BCUT2D eigenvalue weighted by molar-refractivity contribution is 0.334. The first-order valence-corrected chi connectivity index (χ1v) is 5.43. The Bertz CT molecular complexity index is 311. The number of aryl methyl sites for hydroxylation is 2. The van der Waals surface area contributed by atoms with Crippen molar-refractivity contribution in [3.05, 3.63) is 15.9 Å². The molecule has 0 aliphatic heterocycles. The molecular weight excluding hydrogens is 249 g/mol. The van der Waals surface area contributed by atoms with Crippen LogP contribution in [-0.4, -0.2) is 22.5 Å². The van der Waals surface area contributed by atoms with E-state index < -0.39 is 6.17 Å². The molecule has 80 valence electrons. The van der Waals surface area contributed by atoms with E-state index in [9.17, 15) is 4.39 Å². The number of alkyl halides is 1. The molecule has 1 rings (SSSR count). The van der Waals surface area contributed by atoms with Gasteiger partial charge in [0.15, 0.2) is 0 Å². The molecule has 2 N–H and O–H groups in total. The van der Waals surface area contributed by atoms with Crippen molar-refractivity contribution >= 4 is 15.9 Å². The van der Waals surface area contributed by atoms with E-state index in [1.807, 2.05) is 14.0 Å². The van der Waals surface area contributed by atoms with Gasteiger partial charge in [0.1, 0.15) is 6.17 Å². The van der Waals surface area contributed by atoms with Gasteiger partial charge in [0.05, 0.1) is 15.9 Å². The first-order valence-electron chi connectivity index (χ1n) is 4.64. The fourth-order valence-corrected chi connectivity index (χ4v) is 2.11. The number of nitrogens with two attached hydrogens (primary N) is 1. The highest BCUT2D eigenvalue weighted by Crippen LogP contribution is 2.23. The van der Waals surface area contributed by atoms with Gasteiger partial charge in [-0.25, -0.2) is 4.39 Å². The number of nitrogens with zero attached hydrogens (tertiary/aromatic N) is 2. The smallest absolute Gasteiger partial charge is 0.118 e. The second-order valence-electron chi connectivity index (χ2n) is 3.22. The highest BCUT2D eigenvalue weighted by atomic mass is 79.9. The van der Waals surface area contributed by atoms with Gasteiger partial charge in [0, 0.05) is 20.0 Å². The minimum absolute atomic E-state index is 0.0546. The molecule has 5 heteroatoms. The van der Waals surface area contributed by atoms with Crippen LogP contribution in [0.15, 0.2) is 4.47 Å². The molecule has 0 radical (unpaired) electrons. The molecule has 0 aliphatic rings. The Morgan fingerprint density at radius 1 is 1.64 bits per heavy atom. The average molecular weight is 264 g/mol. The molecule has 0 saturated carbocycles. The largest absolute Gasteiger partial charge is 0.328 e. The number of aromatic nitrogens is 2. The van der Waals surface area contributed by atoms with Crippen LogP contribution >= 0.6 is 15.9 Å². The third-order valence-electron chi connectivity index (χ3n) is 2.17. The Morgan fingerprint density at radius 3 is 2.71 bits per heavy atom. The minimum atomic E-state index is -0.994. The Labute approximate surface area is 91.6 Å². The quantitative estimate of drug-likeness (QED) is 0.897. The van der Waals surface area contributed by atoms with Crippen molar-refractivity contribution in [3.63, 3.8) is 0 Å². The van der Waals surface area contributed by atoms with Crippen molar-refractivity contribution in [2.45, 2.75) is 25.9 Å². The molecule has 1 heterocycles. The van der Waals surface area contributed by atoms with Crippen LogP contribution in [0.5, 0.6) is 0 Å². The van der Waals surface area contributed by atoms with E-state index in [2.05, 4.69) is 21.0 Å². The van der Waals surface area contributed by atoms with Crippen molar-refractivity contribution in [1.29, 1.82) is 0 Å².